The Bertz CT molecular complexity index is 506. The molecule has 2 atom stereocenters. The number of carbonyl (C=O) groups excluding carboxylic acids is 1. The largest absolute Gasteiger partial charge is 0.372 e. The standard InChI is InChI=1S/C18H29N3O2/c1-5-18(4)13-21(9-10-23-18)17(22)20-12-16(14(2)3)15-7-6-8-19-11-15/h6-8,11,14,16H,5,9-10,12-13H2,1-4H3,(H,20,22)/t16-,18-/m0/s1. The van der Waals surface area contributed by atoms with Crippen LogP contribution in [0.5, 0.6) is 0 Å². The maximum Gasteiger partial charge on any atom is 0.317 e. The average Bonchev–Trinajstić information content (AvgIpc) is 2.55. The zero-order chi connectivity index (χ0) is 16.9. The molecule has 1 fully saturated rings. The maximum absolute atomic E-state index is 12.5. The summed E-state index contributed by atoms with van der Waals surface area (Å²) in [6, 6.07) is 4.02. The number of nitrogens with zero attached hydrogens (tertiary/aromatic N) is 2. The minimum Gasteiger partial charge on any atom is -0.372 e. The van der Waals surface area contributed by atoms with Crippen LogP contribution in [-0.4, -0.2) is 47.8 Å². The van der Waals surface area contributed by atoms with Gasteiger partial charge in [-0.25, -0.2) is 4.79 Å². The number of urea groups is 1. The van der Waals surface area contributed by atoms with Crippen molar-refractivity contribution in [2.45, 2.75) is 45.6 Å². The number of hydrogen-bond acceptors (Lipinski definition) is 3. The van der Waals surface area contributed by atoms with E-state index in [1.165, 1.54) is 5.56 Å². The Morgan fingerprint density at radius 1 is 1.52 bits per heavy atom. The third kappa shape index (κ3) is 4.67. The van der Waals surface area contributed by atoms with Gasteiger partial charge in [-0.15, -0.1) is 0 Å². The first-order valence-corrected chi connectivity index (χ1v) is 8.52. The molecule has 5 nitrogen and oxygen atoms in total. The van der Waals surface area contributed by atoms with E-state index >= 15 is 0 Å². The summed E-state index contributed by atoms with van der Waals surface area (Å²) in [6.45, 7) is 11.0. The van der Waals surface area contributed by atoms with Crippen LogP contribution in [-0.2, 0) is 4.74 Å². The smallest absolute Gasteiger partial charge is 0.317 e. The quantitative estimate of drug-likeness (QED) is 0.907. The summed E-state index contributed by atoms with van der Waals surface area (Å²) < 4.78 is 5.80. The van der Waals surface area contributed by atoms with Crippen molar-refractivity contribution in [3.05, 3.63) is 30.1 Å². The van der Waals surface area contributed by atoms with Gasteiger partial charge in [0.1, 0.15) is 0 Å². The molecule has 2 heterocycles. The van der Waals surface area contributed by atoms with E-state index in [4.69, 9.17) is 4.74 Å². The molecule has 0 radical (unpaired) electrons. The van der Waals surface area contributed by atoms with Crippen LogP contribution in [0.15, 0.2) is 24.5 Å². The third-order valence-electron chi connectivity index (χ3n) is 4.76. The summed E-state index contributed by atoms with van der Waals surface area (Å²) in [5, 5.41) is 3.10. The van der Waals surface area contributed by atoms with Crippen LogP contribution in [0.4, 0.5) is 4.79 Å². The van der Waals surface area contributed by atoms with Gasteiger partial charge in [0.25, 0.3) is 0 Å². The van der Waals surface area contributed by atoms with Crippen LogP contribution < -0.4 is 5.32 Å². The maximum atomic E-state index is 12.5. The fourth-order valence-electron chi connectivity index (χ4n) is 2.96. The molecule has 2 rings (SSSR count). The number of amides is 2. The van der Waals surface area contributed by atoms with Crippen molar-refractivity contribution in [1.82, 2.24) is 15.2 Å². The highest BCUT2D eigenvalue weighted by Crippen LogP contribution is 2.24. The number of nitrogens with one attached hydrogen (secondary N) is 1. The van der Waals surface area contributed by atoms with Crippen molar-refractivity contribution in [2.75, 3.05) is 26.2 Å². The summed E-state index contributed by atoms with van der Waals surface area (Å²) in [5.41, 5.74) is 0.944. The van der Waals surface area contributed by atoms with E-state index in [0.29, 0.717) is 32.2 Å². The van der Waals surface area contributed by atoms with Gasteiger partial charge in [-0.1, -0.05) is 26.8 Å². The van der Waals surface area contributed by atoms with Gasteiger partial charge in [0.15, 0.2) is 0 Å². The van der Waals surface area contributed by atoms with Gasteiger partial charge < -0.3 is 15.0 Å². The lowest BCUT2D eigenvalue weighted by atomic mass is 9.89. The molecule has 0 saturated carbocycles. The molecule has 1 aliphatic rings. The molecule has 23 heavy (non-hydrogen) atoms. The Labute approximate surface area is 139 Å². The van der Waals surface area contributed by atoms with Gasteiger partial charge in [0, 0.05) is 31.4 Å². The minimum absolute atomic E-state index is 0.00233. The molecule has 0 spiro atoms. The van der Waals surface area contributed by atoms with Crippen LogP contribution >= 0.6 is 0 Å². The third-order valence-corrected chi connectivity index (χ3v) is 4.76. The first kappa shape index (κ1) is 17.7. The highest BCUT2D eigenvalue weighted by atomic mass is 16.5. The van der Waals surface area contributed by atoms with Gasteiger partial charge in [-0.3, -0.25) is 4.98 Å². The summed E-state index contributed by atoms with van der Waals surface area (Å²) in [5.74, 6) is 0.705. The van der Waals surface area contributed by atoms with Gasteiger partial charge in [0.2, 0.25) is 0 Å². The fourth-order valence-corrected chi connectivity index (χ4v) is 2.96. The van der Waals surface area contributed by atoms with E-state index in [1.54, 1.807) is 6.20 Å². The van der Waals surface area contributed by atoms with Crippen molar-refractivity contribution in [3.8, 4) is 0 Å². The first-order valence-electron chi connectivity index (χ1n) is 8.52. The zero-order valence-corrected chi connectivity index (χ0v) is 14.7. The van der Waals surface area contributed by atoms with E-state index < -0.39 is 0 Å². The average molecular weight is 319 g/mol. The predicted molar refractivity (Wildman–Crippen MR) is 91.4 cm³/mol. The molecule has 128 valence electrons. The molecule has 5 heteroatoms. The topological polar surface area (TPSA) is 54.5 Å². The Morgan fingerprint density at radius 2 is 2.30 bits per heavy atom. The van der Waals surface area contributed by atoms with Gasteiger partial charge in [0.05, 0.1) is 18.8 Å². The number of rotatable bonds is 5. The monoisotopic (exact) mass is 319 g/mol. The second-order valence-corrected chi connectivity index (χ2v) is 6.90. The summed E-state index contributed by atoms with van der Waals surface area (Å²) >= 11 is 0. The molecular weight excluding hydrogens is 290 g/mol. The molecule has 2 amide bonds. The van der Waals surface area contributed by atoms with Crippen LogP contribution in [0.25, 0.3) is 0 Å². The van der Waals surface area contributed by atoms with Crippen molar-refractivity contribution >= 4 is 6.03 Å². The summed E-state index contributed by atoms with van der Waals surface area (Å²) in [7, 11) is 0. The van der Waals surface area contributed by atoms with E-state index in [9.17, 15) is 4.79 Å². The molecule has 0 unspecified atom stereocenters. The molecule has 1 aromatic rings. The number of pyridine rings is 1. The molecule has 0 aliphatic carbocycles. The van der Waals surface area contributed by atoms with Gasteiger partial charge in [-0.05, 0) is 30.9 Å². The van der Waals surface area contributed by atoms with Crippen LogP contribution in [0.1, 0.15) is 45.6 Å². The first-order chi connectivity index (χ1) is 10.9. The number of carbonyl (C=O) groups is 1. The highest BCUT2D eigenvalue weighted by molar-refractivity contribution is 5.74. The lowest BCUT2D eigenvalue weighted by Gasteiger charge is -2.40. The second kappa shape index (κ2) is 7.77. The SMILES string of the molecule is CC[C@@]1(C)CN(C(=O)NC[C@H](c2cccnc2)C(C)C)CCO1. The molecule has 1 saturated heterocycles. The zero-order valence-electron chi connectivity index (χ0n) is 14.7. The summed E-state index contributed by atoms with van der Waals surface area (Å²) in [4.78, 5) is 18.6. The Kier molecular flexibility index (Phi) is 5.99. The number of ether oxygens (including phenoxy) is 1. The lowest BCUT2D eigenvalue weighted by Crippen LogP contribution is -2.54. The van der Waals surface area contributed by atoms with Crippen molar-refractivity contribution in [3.63, 3.8) is 0 Å². The molecule has 1 aliphatic heterocycles. The van der Waals surface area contributed by atoms with Crippen molar-refractivity contribution in [2.24, 2.45) is 5.92 Å². The van der Waals surface area contributed by atoms with E-state index in [-0.39, 0.29) is 17.6 Å². The number of hydrogen-bond donors (Lipinski definition) is 1. The molecule has 1 N–H and O–H groups in total. The summed E-state index contributed by atoms with van der Waals surface area (Å²) in [6.07, 6.45) is 4.57. The molecule has 1 aromatic heterocycles. The molecular formula is C18H29N3O2. The van der Waals surface area contributed by atoms with E-state index in [0.717, 1.165) is 6.42 Å². The van der Waals surface area contributed by atoms with Crippen molar-refractivity contribution < 1.29 is 9.53 Å². The fraction of sp³-hybridized carbons (Fsp3) is 0.667. The van der Waals surface area contributed by atoms with Gasteiger partial charge >= 0.3 is 6.03 Å². The predicted octanol–water partition coefficient (Wildman–Crippen LogP) is 3.03. The van der Waals surface area contributed by atoms with Crippen molar-refractivity contribution in [1.29, 1.82) is 0 Å². The Morgan fingerprint density at radius 3 is 2.91 bits per heavy atom. The Hall–Kier alpha value is -1.62. The molecule has 0 bridgehead atoms. The second-order valence-electron chi connectivity index (χ2n) is 6.90. The van der Waals surface area contributed by atoms with E-state index in [2.05, 4.69) is 44.1 Å². The van der Waals surface area contributed by atoms with Crippen LogP contribution in [0.3, 0.4) is 0 Å². The highest BCUT2D eigenvalue weighted by Gasteiger charge is 2.32. The van der Waals surface area contributed by atoms with E-state index in [1.807, 2.05) is 17.2 Å². The Balaban J connectivity index is 1.94. The minimum atomic E-state index is -0.226. The van der Waals surface area contributed by atoms with Crippen LogP contribution in [0, 0.1) is 5.92 Å². The number of morpholine rings is 1. The lowest BCUT2D eigenvalue weighted by molar-refractivity contribution is -0.0872. The number of aromatic nitrogens is 1. The molecule has 0 aromatic carbocycles. The van der Waals surface area contributed by atoms with Gasteiger partial charge in [-0.2, -0.15) is 0 Å². The normalized spacial score (nSPS) is 22.9. The van der Waals surface area contributed by atoms with Crippen LogP contribution in [0.2, 0.25) is 0 Å².